The monoisotopic (exact) mass is 412 g/mol. The summed E-state index contributed by atoms with van der Waals surface area (Å²) in [7, 11) is 0. The van der Waals surface area contributed by atoms with Crippen molar-refractivity contribution in [2.45, 2.75) is 12.6 Å². The number of aliphatic hydroxyl groups excluding tert-OH is 1. The summed E-state index contributed by atoms with van der Waals surface area (Å²) in [6.07, 6.45) is 2.45. The van der Waals surface area contributed by atoms with Gasteiger partial charge in [0.2, 0.25) is 0 Å². The molecule has 154 valence electrons. The summed E-state index contributed by atoms with van der Waals surface area (Å²) >= 11 is 0. The van der Waals surface area contributed by atoms with E-state index in [1.165, 1.54) is 4.68 Å². The predicted octanol–water partition coefficient (Wildman–Crippen LogP) is 3.18. The number of nitrogens with zero attached hydrogens (tertiary/aromatic N) is 4. The summed E-state index contributed by atoms with van der Waals surface area (Å²) in [5.74, 6) is 0.689. The highest BCUT2D eigenvalue weighted by Crippen LogP contribution is 2.25. The van der Waals surface area contributed by atoms with Crippen LogP contribution in [0.15, 0.2) is 90.0 Å². The van der Waals surface area contributed by atoms with Crippen LogP contribution < -0.4 is 10.3 Å². The molecule has 0 saturated heterocycles. The van der Waals surface area contributed by atoms with E-state index < -0.39 is 6.10 Å². The molecular weight excluding hydrogens is 392 g/mol. The van der Waals surface area contributed by atoms with E-state index >= 15 is 0 Å². The van der Waals surface area contributed by atoms with Crippen LogP contribution in [0, 0.1) is 0 Å². The smallest absolute Gasteiger partial charge is 0.295 e. The first-order chi connectivity index (χ1) is 15.2. The quantitative estimate of drug-likeness (QED) is 0.463. The Morgan fingerprint density at radius 2 is 1.71 bits per heavy atom. The Hall–Kier alpha value is -3.97. The second-order valence-corrected chi connectivity index (χ2v) is 7.29. The minimum Gasteiger partial charge on any atom is -0.490 e. The molecule has 7 heteroatoms. The number of aromatic nitrogens is 4. The normalized spacial score (nSPS) is 12.3. The number of ether oxygens (including phenoxy) is 1. The highest BCUT2D eigenvalue weighted by molar-refractivity contribution is 5.88. The zero-order chi connectivity index (χ0) is 21.2. The average Bonchev–Trinajstić information content (AvgIpc) is 3.25. The number of benzene rings is 3. The van der Waals surface area contributed by atoms with Gasteiger partial charge in [0.1, 0.15) is 18.5 Å². The molecule has 0 amide bonds. The van der Waals surface area contributed by atoms with E-state index in [1.54, 1.807) is 17.1 Å². The van der Waals surface area contributed by atoms with Gasteiger partial charge in [-0.1, -0.05) is 54.6 Å². The van der Waals surface area contributed by atoms with Crippen LogP contribution in [0.25, 0.3) is 27.4 Å². The number of para-hydroxylation sites is 1. The Morgan fingerprint density at radius 3 is 2.58 bits per heavy atom. The van der Waals surface area contributed by atoms with Gasteiger partial charge < -0.3 is 9.84 Å². The summed E-state index contributed by atoms with van der Waals surface area (Å²) in [5.41, 5.74) is 0.811. The molecule has 2 heterocycles. The first-order valence-electron chi connectivity index (χ1n) is 9.98. The highest BCUT2D eigenvalue weighted by Gasteiger charge is 2.14. The van der Waals surface area contributed by atoms with Gasteiger partial charge in [0.15, 0.2) is 5.52 Å². The van der Waals surface area contributed by atoms with Gasteiger partial charge in [-0.05, 0) is 23.6 Å². The van der Waals surface area contributed by atoms with Gasteiger partial charge in [-0.2, -0.15) is 10.2 Å². The molecule has 0 aliphatic rings. The molecule has 0 aliphatic heterocycles. The van der Waals surface area contributed by atoms with Crippen LogP contribution in [0.5, 0.6) is 5.75 Å². The van der Waals surface area contributed by atoms with E-state index in [0.717, 1.165) is 16.5 Å². The van der Waals surface area contributed by atoms with Crippen LogP contribution in [0.2, 0.25) is 0 Å². The van der Waals surface area contributed by atoms with E-state index in [-0.39, 0.29) is 18.7 Å². The Labute approximate surface area is 177 Å². The molecule has 1 N–H and O–H groups in total. The fraction of sp³-hybridized carbons (Fsp3) is 0.125. The molecule has 0 radical (unpaired) electrons. The molecule has 1 atom stereocenters. The molecule has 1 unspecified atom stereocenters. The summed E-state index contributed by atoms with van der Waals surface area (Å²) in [6.45, 7) is 0.0519. The van der Waals surface area contributed by atoms with Crippen molar-refractivity contribution in [3.05, 3.63) is 95.5 Å². The largest absolute Gasteiger partial charge is 0.490 e. The fourth-order valence-corrected chi connectivity index (χ4v) is 3.56. The van der Waals surface area contributed by atoms with Crippen LogP contribution in [-0.2, 0) is 6.54 Å². The lowest BCUT2D eigenvalue weighted by molar-refractivity contribution is 0.0888. The first-order valence-corrected chi connectivity index (χ1v) is 9.98. The Morgan fingerprint density at radius 1 is 0.935 bits per heavy atom. The second-order valence-electron chi connectivity index (χ2n) is 7.29. The zero-order valence-corrected chi connectivity index (χ0v) is 16.6. The van der Waals surface area contributed by atoms with Crippen molar-refractivity contribution in [2.75, 3.05) is 6.61 Å². The van der Waals surface area contributed by atoms with Crippen LogP contribution in [0.4, 0.5) is 0 Å². The van der Waals surface area contributed by atoms with Gasteiger partial charge in [0.25, 0.3) is 5.56 Å². The highest BCUT2D eigenvalue weighted by atomic mass is 16.5. The molecule has 3 aromatic carbocycles. The van der Waals surface area contributed by atoms with Crippen molar-refractivity contribution < 1.29 is 9.84 Å². The maximum absolute atomic E-state index is 12.8. The lowest BCUT2D eigenvalue weighted by Gasteiger charge is -2.14. The van der Waals surface area contributed by atoms with Gasteiger partial charge in [-0.25, -0.2) is 9.36 Å². The third-order valence-corrected chi connectivity index (χ3v) is 5.10. The molecule has 5 rings (SSSR count). The molecule has 31 heavy (non-hydrogen) atoms. The number of hydrogen-bond acceptors (Lipinski definition) is 5. The number of rotatable bonds is 6. The maximum atomic E-state index is 12.8. The zero-order valence-electron chi connectivity index (χ0n) is 16.6. The van der Waals surface area contributed by atoms with Gasteiger partial charge in [-0.15, -0.1) is 0 Å². The molecule has 0 spiro atoms. The van der Waals surface area contributed by atoms with E-state index in [1.807, 2.05) is 72.8 Å². The van der Waals surface area contributed by atoms with Crippen LogP contribution in [0.1, 0.15) is 0 Å². The maximum Gasteiger partial charge on any atom is 0.295 e. The summed E-state index contributed by atoms with van der Waals surface area (Å²) in [4.78, 5) is 12.8. The van der Waals surface area contributed by atoms with Gasteiger partial charge in [0, 0.05) is 17.0 Å². The fourth-order valence-electron chi connectivity index (χ4n) is 3.56. The number of hydrogen-bond donors (Lipinski definition) is 1. The molecule has 0 fully saturated rings. The summed E-state index contributed by atoms with van der Waals surface area (Å²) in [5, 5.41) is 21.7. The topological polar surface area (TPSA) is 82.2 Å². The van der Waals surface area contributed by atoms with Crippen LogP contribution in [0.3, 0.4) is 0 Å². The molecule has 0 bridgehead atoms. The Bertz CT molecular complexity index is 1400. The van der Waals surface area contributed by atoms with Crippen molar-refractivity contribution >= 4 is 21.7 Å². The predicted molar refractivity (Wildman–Crippen MR) is 119 cm³/mol. The van der Waals surface area contributed by atoms with E-state index in [4.69, 9.17) is 4.74 Å². The molecule has 5 aromatic rings. The number of aliphatic hydroxyl groups is 1. The van der Waals surface area contributed by atoms with Crippen molar-refractivity contribution in [3.8, 4) is 11.4 Å². The van der Waals surface area contributed by atoms with E-state index in [9.17, 15) is 9.90 Å². The minimum atomic E-state index is -0.905. The van der Waals surface area contributed by atoms with Crippen molar-refractivity contribution in [2.24, 2.45) is 0 Å². The number of fused-ring (bicyclic) bond motifs is 2. The Balaban J connectivity index is 1.34. The molecule has 0 saturated carbocycles. The van der Waals surface area contributed by atoms with Crippen molar-refractivity contribution in [1.29, 1.82) is 0 Å². The van der Waals surface area contributed by atoms with Crippen LogP contribution in [-0.4, -0.2) is 37.4 Å². The lowest BCUT2D eigenvalue weighted by Crippen LogP contribution is -2.32. The summed E-state index contributed by atoms with van der Waals surface area (Å²) < 4.78 is 8.70. The summed E-state index contributed by atoms with van der Waals surface area (Å²) in [6, 6.07) is 23.2. The van der Waals surface area contributed by atoms with E-state index in [2.05, 4.69) is 10.2 Å². The molecular formula is C24H20N4O3. The van der Waals surface area contributed by atoms with Gasteiger partial charge in [-0.3, -0.25) is 4.79 Å². The molecule has 7 nitrogen and oxygen atoms in total. The first kappa shape index (κ1) is 19.0. The van der Waals surface area contributed by atoms with E-state index in [0.29, 0.717) is 16.7 Å². The lowest BCUT2D eigenvalue weighted by atomic mass is 10.1. The molecule has 0 aliphatic carbocycles. The average molecular weight is 412 g/mol. The van der Waals surface area contributed by atoms with Gasteiger partial charge >= 0.3 is 0 Å². The van der Waals surface area contributed by atoms with Crippen molar-refractivity contribution in [3.63, 3.8) is 0 Å². The van der Waals surface area contributed by atoms with Gasteiger partial charge in [0.05, 0.1) is 18.4 Å². The van der Waals surface area contributed by atoms with Crippen molar-refractivity contribution in [1.82, 2.24) is 19.6 Å². The second kappa shape index (κ2) is 8.04. The Kier molecular flexibility index (Phi) is 4.93. The molecule has 2 aromatic heterocycles. The standard InChI is InChI=1S/C24H20N4O3/c29-20(16-31-22-12-6-8-17-7-4-5-11-21(17)22)15-28-24(30)23-18(13-25-28)14-27(26-23)19-9-2-1-3-10-19/h1-14,20,29H,15-16H2. The third-order valence-electron chi connectivity index (χ3n) is 5.10. The van der Waals surface area contributed by atoms with Crippen LogP contribution >= 0.6 is 0 Å². The SMILES string of the molecule is O=c1c2nn(-c3ccccc3)cc2cnn1CC(O)COc1cccc2ccccc12. The third kappa shape index (κ3) is 3.78. The minimum absolute atomic E-state index is 0.0116.